The molecule has 0 aliphatic heterocycles. The average molecular weight is 247 g/mol. The first-order valence-electron chi connectivity index (χ1n) is 5.00. The standard InChI is InChI=1S/C8H17N5O2S/c1-9-5-6-16(14,15)11-4-3-8-10-7-13(2)12-8/h7,9,11H,3-6H2,1-2H3. The van der Waals surface area contributed by atoms with Crippen molar-refractivity contribution in [2.75, 3.05) is 25.9 Å². The van der Waals surface area contributed by atoms with Gasteiger partial charge in [0.15, 0.2) is 5.82 Å². The number of hydrogen-bond donors (Lipinski definition) is 2. The van der Waals surface area contributed by atoms with E-state index in [1.165, 1.54) is 0 Å². The number of aromatic nitrogens is 3. The Labute approximate surface area is 95.3 Å². The Kier molecular flexibility index (Phi) is 4.84. The van der Waals surface area contributed by atoms with Crippen LogP contribution in [-0.4, -0.2) is 49.1 Å². The van der Waals surface area contributed by atoms with Crippen LogP contribution >= 0.6 is 0 Å². The summed E-state index contributed by atoms with van der Waals surface area (Å²) in [5.41, 5.74) is 0. The van der Waals surface area contributed by atoms with Crippen molar-refractivity contribution in [3.05, 3.63) is 12.2 Å². The minimum absolute atomic E-state index is 0.0825. The number of hydrogen-bond acceptors (Lipinski definition) is 5. The molecule has 7 nitrogen and oxygen atoms in total. The van der Waals surface area contributed by atoms with E-state index < -0.39 is 10.0 Å². The van der Waals surface area contributed by atoms with Crippen LogP contribution in [-0.2, 0) is 23.5 Å². The van der Waals surface area contributed by atoms with Crippen LogP contribution in [0.4, 0.5) is 0 Å². The van der Waals surface area contributed by atoms with E-state index in [0.29, 0.717) is 25.3 Å². The summed E-state index contributed by atoms with van der Waals surface area (Å²) in [5, 5.41) is 6.84. The Morgan fingerprint density at radius 2 is 2.19 bits per heavy atom. The van der Waals surface area contributed by atoms with E-state index in [1.807, 2.05) is 0 Å². The van der Waals surface area contributed by atoms with Gasteiger partial charge < -0.3 is 5.32 Å². The summed E-state index contributed by atoms with van der Waals surface area (Å²) in [6, 6.07) is 0. The molecule has 16 heavy (non-hydrogen) atoms. The first-order chi connectivity index (χ1) is 7.53. The summed E-state index contributed by atoms with van der Waals surface area (Å²) in [6.07, 6.45) is 2.09. The van der Waals surface area contributed by atoms with Crippen LogP contribution in [0.2, 0.25) is 0 Å². The van der Waals surface area contributed by atoms with Gasteiger partial charge in [0.2, 0.25) is 10.0 Å². The van der Waals surface area contributed by atoms with E-state index >= 15 is 0 Å². The van der Waals surface area contributed by atoms with Gasteiger partial charge in [-0.25, -0.2) is 18.1 Å². The molecular formula is C8H17N5O2S. The molecule has 92 valence electrons. The average Bonchev–Trinajstić information content (AvgIpc) is 2.61. The molecule has 0 aromatic carbocycles. The van der Waals surface area contributed by atoms with Crippen LogP contribution in [0.25, 0.3) is 0 Å². The van der Waals surface area contributed by atoms with Gasteiger partial charge in [0.25, 0.3) is 0 Å². The molecule has 0 spiro atoms. The SMILES string of the molecule is CNCCS(=O)(=O)NCCc1ncn(C)n1. The smallest absolute Gasteiger partial charge is 0.212 e. The van der Waals surface area contributed by atoms with E-state index in [2.05, 4.69) is 20.1 Å². The second-order valence-corrected chi connectivity index (χ2v) is 5.33. The summed E-state index contributed by atoms with van der Waals surface area (Å²) < 4.78 is 26.9. The molecule has 0 amide bonds. The zero-order valence-electron chi connectivity index (χ0n) is 9.47. The van der Waals surface area contributed by atoms with Gasteiger partial charge in [-0.2, -0.15) is 5.10 Å². The van der Waals surface area contributed by atoms with Gasteiger partial charge >= 0.3 is 0 Å². The maximum Gasteiger partial charge on any atom is 0.212 e. The predicted octanol–water partition coefficient (Wildman–Crippen LogP) is -1.50. The normalized spacial score (nSPS) is 11.9. The second-order valence-electron chi connectivity index (χ2n) is 3.40. The number of nitrogens with one attached hydrogen (secondary N) is 2. The third kappa shape index (κ3) is 4.69. The van der Waals surface area contributed by atoms with Gasteiger partial charge in [-0.05, 0) is 7.05 Å². The van der Waals surface area contributed by atoms with Crippen molar-refractivity contribution < 1.29 is 8.42 Å². The highest BCUT2D eigenvalue weighted by Crippen LogP contribution is 1.90. The van der Waals surface area contributed by atoms with Gasteiger partial charge in [0, 0.05) is 26.6 Å². The number of rotatable bonds is 7. The molecule has 1 heterocycles. The molecule has 0 radical (unpaired) electrons. The summed E-state index contributed by atoms with van der Waals surface area (Å²) in [7, 11) is 0.305. The lowest BCUT2D eigenvalue weighted by molar-refractivity contribution is 0.578. The first kappa shape index (κ1) is 13.1. The van der Waals surface area contributed by atoms with Crippen LogP contribution < -0.4 is 10.0 Å². The Morgan fingerprint density at radius 1 is 1.44 bits per heavy atom. The number of sulfonamides is 1. The van der Waals surface area contributed by atoms with Crippen LogP contribution in [0, 0.1) is 0 Å². The summed E-state index contributed by atoms with van der Waals surface area (Å²) in [6.45, 7) is 0.771. The van der Waals surface area contributed by atoms with E-state index in [-0.39, 0.29) is 5.75 Å². The maximum atomic E-state index is 11.4. The zero-order valence-corrected chi connectivity index (χ0v) is 10.3. The molecule has 0 aliphatic carbocycles. The van der Waals surface area contributed by atoms with Crippen molar-refractivity contribution in [1.29, 1.82) is 0 Å². The third-order valence-corrected chi connectivity index (χ3v) is 3.32. The van der Waals surface area contributed by atoms with Crippen molar-refractivity contribution >= 4 is 10.0 Å². The molecule has 0 aliphatic rings. The fraction of sp³-hybridized carbons (Fsp3) is 0.750. The molecule has 1 rings (SSSR count). The van der Waals surface area contributed by atoms with E-state index in [0.717, 1.165) is 0 Å². The first-order valence-corrected chi connectivity index (χ1v) is 6.65. The second kappa shape index (κ2) is 5.92. The summed E-state index contributed by atoms with van der Waals surface area (Å²) in [4.78, 5) is 4.00. The lowest BCUT2D eigenvalue weighted by atomic mass is 10.4. The van der Waals surface area contributed by atoms with Crippen molar-refractivity contribution in [3.8, 4) is 0 Å². The van der Waals surface area contributed by atoms with Gasteiger partial charge in [0.05, 0.1) is 5.75 Å². The Hall–Kier alpha value is -0.990. The van der Waals surface area contributed by atoms with Gasteiger partial charge in [-0.3, -0.25) is 4.68 Å². The zero-order chi connectivity index (χ0) is 12.0. The third-order valence-electron chi connectivity index (χ3n) is 1.94. The van der Waals surface area contributed by atoms with Crippen LogP contribution in [0.3, 0.4) is 0 Å². The van der Waals surface area contributed by atoms with Gasteiger partial charge in [-0.15, -0.1) is 0 Å². The van der Waals surface area contributed by atoms with Gasteiger partial charge in [0.1, 0.15) is 6.33 Å². The molecular weight excluding hydrogens is 230 g/mol. The Balaban J connectivity index is 2.29. The molecule has 2 N–H and O–H groups in total. The molecule has 0 fully saturated rings. The summed E-state index contributed by atoms with van der Waals surface area (Å²) in [5.74, 6) is 0.720. The fourth-order valence-electron chi connectivity index (χ4n) is 1.13. The molecule has 0 saturated carbocycles. The molecule has 1 aromatic heterocycles. The number of nitrogens with zero attached hydrogens (tertiary/aromatic N) is 3. The van der Waals surface area contributed by atoms with E-state index in [9.17, 15) is 8.42 Å². The van der Waals surface area contributed by atoms with E-state index in [4.69, 9.17) is 0 Å². The molecule has 8 heteroatoms. The maximum absolute atomic E-state index is 11.4. The van der Waals surface area contributed by atoms with Crippen molar-refractivity contribution in [3.63, 3.8) is 0 Å². The van der Waals surface area contributed by atoms with Crippen LogP contribution in [0.1, 0.15) is 5.82 Å². The molecule has 0 unspecified atom stereocenters. The Morgan fingerprint density at radius 3 is 2.75 bits per heavy atom. The Bertz CT molecular complexity index is 414. The molecule has 0 bridgehead atoms. The van der Waals surface area contributed by atoms with Crippen LogP contribution in [0.5, 0.6) is 0 Å². The lowest BCUT2D eigenvalue weighted by Crippen LogP contribution is -2.32. The van der Waals surface area contributed by atoms with Crippen molar-refractivity contribution in [2.45, 2.75) is 6.42 Å². The minimum atomic E-state index is -3.18. The highest BCUT2D eigenvalue weighted by molar-refractivity contribution is 7.89. The van der Waals surface area contributed by atoms with Gasteiger partial charge in [-0.1, -0.05) is 0 Å². The van der Waals surface area contributed by atoms with Crippen molar-refractivity contribution in [2.24, 2.45) is 7.05 Å². The quantitative estimate of drug-likeness (QED) is 0.612. The minimum Gasteiger partial charge on any atom is -0.319 e. The van der Waals surface area contributed by atoms with Crippen molar-refractivity contribution in [1.82, 2.24) is 24.8 Å². The largest absolute Gasteiger partial charge is 0.319 e. The molecule has 1 aromatic rings. The lowest BCUT2D eigenvalue weighted by Gasteiger charge is -2.04. The topological polar surface area (TPSA) is 88.9 Å². The number of aryl methyl sites for hydroxylation is 1. The monoisotopic (exact) mass is 247 g/mol. The van der Waals surface area contributed by atoms with E-state index in [1.54, 1.807) is 25.1 Å². The molecule has 0 saturated heterocycles. The predicted molar refractivity (Wildman–Crippen MR) is 60.4 cm³/mol. The van der Waals surface area contributed by atoms with Crippen LogP contribution in [0.15, 0.2) is 6.33 Å². The highest BCUT2D eigenvalue weighted by Gasteiger charge is 2.08. The summed E-state index contributed by atoms with van der Waals surface area (Å²) >= 11 is 0. The highest BCUT2D eigenvalue weighted by atomic mass is 32.2. The fourth-order valence-corrected chi connectivity index (χ4v) is 2.16. The molecule has 0 atom stereocenters.